The van der Waals surface area contributed by atoms with Crippen LogP contribution in [0.4, 0.5) is 0 Å². The predicted octanol–water partition coefficient (Wildman–Crippen LogP) is 2.84. The molecule has 4 heterocycles. The number of fused-ring (bicyclic) bond motifs is 2. The van der Waals surface area contributed by atoms with Crippen LogP contribution < -0.4 is 0 Å². The van der Waals surface area contributed by atoms with E-state index in [2.05, 4.69) is 32.3 Å². The van der Waals surface area contributed by atoms with Gasteiger partial charge < -0.3 is 10.0 Å². The van der Waals surface area contributed by atoms with Gasteiger partial charge in [0.25, 0.3) is 5.91 Å². The van der Waals surface area contributed by atoms with E-state index in [1.807, 2.05) is 64.2 Å². The van der Waals surface area contributed by atoms with Crippen LogP contribution in [0.3, 0.4) is 0 Å². The minimum atomic E-state index is 0.0338. The van der Waals surface area contributed by atoms with Gasteiger partial charge >= 0.3 is 0 Å². The highest BCUT2D eigenvalue weighted by Gasteiger charge is 2.22. The molecule has 1 N–H and O–H groups in total. The Morgan fingerprint density at radius 1 is 0.919 bits per heavy atom. The van der Waals surface area contributed by atoms with E-state index < -0.39 is 0 Å². The smallest absolute Gasteiger partial charge is 0.253 e. The Morgan fingerprint density at radius 2 is 1.73 bits per heavy atom. The van der Waals surface area contributed by atoms with Crippen molar-refractivity contribution in [3.8, 4) is 11.3 Å². The summed E-state index contributed by atoms with van der Waals surface area (Å²) in [6.45, 7) is 4.26. The summed E-state index contributed by atoms with van der Waals surface area (Å²) >= 11 is 0. The van der Waals surface area contributed by atoms with E-state index in [9.17, 15) is 4.79 Å². The maximum atomic E-state index is 13.0. The molecule has 186 valence electrons. The molecule has 0 unspecified atom stereocenters. The Kier molecular flexibility index (Phi) is 6.30. The van der Waals surface area contributed by atoms with E-state index in [-0.39, 0.29) is 12.5 Å². The summed E-state index contributed by atoms with van der Waals surface area (Å²) in [7, 11) is 0. The lowest BCUT2D eigenvalue weighted by Crippen LogP contribution is -2.49. The Hall–Kier alpha value is -4.21. The first-order valence-corrected chi connectivity index (χ1v) is 12.4. The average Bonchev–Trinajstić information content (AvgIpc) is 3.35. The van der Waals surface area contributed by atoms with E-state index in [1.54, 1.807) is 6.20 Å². The van der Waals surface area contributed by atoms with Crippen molar-refractivity contribution in [1.29, 1.82) is 0 Å². The van der Waals surface area contributed by atoms with E-state index in [1.165, 1.54) is 0 Å². The van der Waals surface area contributed by atoms with Crippen LogP contribution in [0.5, 0.6) is 0 Å². The number of nitrogens with zero attached hydrogens (tertiary/aromatic N) is 7. The van der Waals surface area contributed by atoms with Crippen molar-refractivity contribution >= 4 is 28.0 Å². The van der Waals surface area contributed by atoms with Crippen molar-refractivity contribution in [2.45, 2.75) is 6.54 Å². The number of pyridine rings is 2. The largest absolute Gasteiger partial charge is 0.395 e. The molecule has 0 atom stereocenters. The Labute approximate surface area is 214 Å². The highest BCUT2D eigenvalue weighted by atomic mass is 16.3. The van der Waals surface area contributed by atoms with Gasteiger partial charge in [-0.05, 0) is 48.0 Å². The molecule has 1 aliphatic rings. The van der Waals surface area contributed by atoms with Gasteiger partial charge in [0.15, 0.2) is 5.65 Å². The van der Waals surface area contributed by atoms with Crippen LogP contribution in [-0.2, 0) is 6.54 Å². The van der Waals surface area contributed by atoms with Gasteiger partial charge in [0.1, 0.15) is 5.52 Å². The van der Waals surface area contributed by atoms with Crippen molar-refractivity contribution < 1.29 is 9.90 Å². The second-order valence-corrected chi connectivity index (χ2v) is 9.25. The fourth-order valence-electron chi connectivity index (χ4n) is 4.80. The molecule has 3 aromatic heterocycles. The van der Waals surface area contributed by atoms with E-state index >= 15 is 0 Å². The molecule has 6 rings (SSSR count). The summed E-state index contributed by atoms with van der Waals surface area (Å²) in [6.07, 6.45) is 1.79. The van der Waals surface area contributed by atoms with Crippen LogP contribution in [0.15, 0.2) is 72.9 Å². The first kappa shape index (κ1) is 23.2. The maximum Gasteiger partial charge on any atom is 0.253 e. The number of carbonyl (C=O) groups is 1. The number of β-amino-alcohol motifs (C(OH)–C–C–N with tert-alkyl or cyclic N) is 1. The molecule has 9 nitrogen and oxygen atoms in total. The van der Waals surface area contributed by atoms with Gasteiger partial charge in [-0.25, -0.2) is 9.67 Å². The number of amides is 1. The predicted molar refractivity (Wildman–Crippen MR) is 141 cm³/mol. The van der Waals surface area contributed by atoms with Gasteiger partial charge in [-0.2, -0.15) is 0 Å². The van der Waals surface area contributed by atoms with Crippen LogP contribution >= 0.6 is 0 Å². The fourth-order valence-corrected chi connectivity index (χ4v) is 4.80. The topological polar surface area (TPSA) is 100 Å². The molecule has 1 saturated heterocycles. The molecule has 0 radical (unpaired) electrons. The van der Waals surface area contributed by atoms with E-state index in [0.29, 0.717) is 37.4 Å². The third-order valence-corrected chi connectivity index (χ3v) is 6.86. The molecule has 0 aliphatic carbocycles. The number of aliphatic hydroxyl groups excluding tert-OH is 1. The van der Waals surface area contributed by atoms with Crippen LogP contribution in [-0.4, -0.2) is 85.1 Å². The average molecular weight is 494 g/mol. The normalized spacial score (nSPS) is 14.5. The van der Waals surface area contributed by atoms with Gasteiger partial charge in [-0.15, -0.1) is 5.10 Å². The molecule has 1 fully saturated rings. The van der Waals surface area contributed by atoms with E-state index in [4.69, 9.17) is 10.1 Å². The highest BCUT2D eigenvalue weighted by molar-refractivity contribution is 5.94. The fraction of sp³-hybridized carbons (Fsp3) is 0.250. The number of benzene rings is 2. The van der Waals surface area contributed by atoms with Gasteiger partial charge in [-0.1, -0.05) is 29.5 Å². The van der Waals surface area contributed by atoms with Gasteiger partial charge in [-0.3, -0.25) is 14.7 Å². The monoisotopic (exact) mass is 493 g/mol. The van der Waals surface area contributed by atoms with Crippen LogP contribution in [0.2, 0.25) is 0 Å². The number of rotatable bonds is 6. The molecule has 2 aromatic carbocycles. The van der Waals surface area contributed by atoms with Gasteiger partial charge in [0, 0.05) is 55.4 Å². The van der Waals surface area contributed by atoms with Crippen molar-refractivity contribution in [3.05, 3.63) is 84.1 Å². The zero-order chi connectivity index (χ0) is 25.2. The minimum Gasteiger partial charge on any atom is -0.395 e. The van der Waals surface area contributed by atoms with Crippen molar-refractivity contribution in [2.24, 2.45) is 0 Å². The zero-order valence-electron chi connectivity index (χ0n) is 20.4. The molecule has 37 heavy (non-hydrogen) atoms. The molecule has 0 spiro atoms. The quantitative estimate of drug-likeness (QED) is 0.388. The van der Waals surface area contributed by atoms with Gasteiger partial charge in [0.05, 0.1) is 24.4 Å². The lowest BCUT2D eigenvalue weighted by Gasteiger charge is -2.34. The summed E-state index contributed by atoms with van der Waals surface area (Å²) in [5.74, 6) is 0.0338. The second-order valence-electron chi connectivity index (χ2n) is 9.25. The Bertz CT molecular complexity index is 1560. The maximum absolute atomic E-state index is 13.0. The van der Waals surface area contributed by atoms with Crippen LogP contribution in [0.1, 0.15) is 15.9 Å². The highest BCUT2D eigenvalue weighted by Crippen LogP contribution is 2.22. The van der Waals surface area contributed by atoms with E-state index in [0.717, 1.165) is 46.3 Å². The minimum absolute atomic E-state index is 0.0338. The van der Waals surface area contributed by atoms with Crippen molar-refractivity contribution in [3.63, 3.8) is 0 Å². The number of aliphatic hydroxyl groups is 1. The number of aromatic nitrogens is 5. The standard InChI is InChI=1S/C28H27N7O2/c36-17-16-33-12-14-34(15-13-33)28(37)22-6-4-21(5-7-22)25-9-10-26-27(30-25)35(32-31-26)19-20-3-8-24-23(18-20)2-1-11-29-24/h1-11,18,36H,12-17,19H2. The zero-order valence-corrected chi connectivity index (χ0v) is 20.4. The third-order valence-electron chi connectivity index (χ3n) is 6.86. The second kappa shape index (κ2) is 10.0. The third kappa shape index (κ3) is 4.78. The molecule has 0 saturated carbocycles. The Balaban J connectivity index is 1.20. The SMILES string of the molecule is O=C(c1ccc(-c2ccc3nnn(Cc4ccc5ncccc5c4)c3n2)cc1)N1CCN(CCO)CC1. The molecule has 1 amide bonds. The molecular weight excluding hydrogens is 466 g/mol. The lowest BCUT2D eigenvalue weighted by atomic mass is 10.1. The summed E-state index contributed by atoms with van der Waals surface area (Å²) < 4.78 is 1.81. The van der Waals surface area contributed by atoms with Crippen molar-refractivity contribution in [1.82, 2.24) is 34.8 Å². The summed E-state index contributed by atoms with van der Waals surface area (Å²) in [5, 5.41) is 18.8. The molecule has 0 bridgehead atoms. The van der Waals surface area contributed by atoms with Crippen LogP contribution in [0, 0.1) is 0 Å². The van der Waals surface area contributed by atoms with Crippen molar-refractivity contribution in [2.75, 3.05) is 39.3 Å². The first-order chi connectivity index (χ1) is 18.2. The number of piperazine rings is 1. The first-order valence-electron chi connectivity index (χ1n) is 12.4. The van der Waals surface area contributed by atoms with Gasteiger partial charge in [0.2, 0.25) is 0 Å². The number of hydrogen-bond donors (Lipinski definition) is 1. The Morgan fingerprint density at radius 3 is 2.54 bits per heavy atom. The summed E-state index contributed by atoms with van der Waals surface area (Å²) in [6, 6.07) is 21.6. The molecular formula is C28H27N7O2. The summed E-state index contributed by atoms with van der Waals surface area (Å²) in [4.78, 5) is 26.3. The molecule has 1 aliphatic heterocycles. The molecule has 9 heteroatoms. The summed E-state index contributed by atoms with van der Waals surface area (Å²) in [5.41, 5.74) is 5.90. The van der Waals surface area contributed by atoms with Crippen LogP contribution in [0.25, 0.3) is 33.3 Å². The number of hydrogen-bond acceptors (Lipinski definition) is 7. The lowest BCUT2D eigenvalue weighted by molar-refractivity contribution is 0.0615. The number of carbonyl (C=O) groups excluding carboxylic acids is 1. The molecule has 5 aromatic rings.